The molecule has 6 nitrogen and oxygen atoms in total. The fraction of sp³-hybridized carbons (Fsp3) is 0.732. The van der Waals surface area contributed by atoms with Gasteiger partial charge in [0.2, 0.25) is 0 Å². The number of allylic oxidation sites excluding steroid dienone is 8. The number of ether oxygens (including phenoxy) is 2. The van der Waals surface area contributed by atoms with Crippen molar-refractivity contribution in [2.45, 2.75) is 175 Å². The molecule has 0 aromatic rings. The molecule has 0 aromatic carbocycles. The Hall–Kier alpha value is -2.47. The Kier molecular flexibility index (Phi) is 33.0. The molecular formula is C41H70O6. The molecule has 0 fully saturated rings. The molecule has 0 aliphatic rings. The molecule has 6 heteroatoms. The van der Waals surface area contributed by atoms with Crippen molar-refractivity contribution in [1.82, 2.24) is 0 Å². The van der Waals surface area contributed by atoms with Crippen LogP contribution in [-0.2, 0) is 23.9 Å². The first-order chi connectivity index (χ1) is 22.9. The first-order valence-corrected chi connectivity index (χ1v) is 19.0. The van der Waals surface area contributed by atoms with Crippen LogP contribution >= 0.6 is 0 Å². The zero-order valence-electron chi connectivity index (χ0n) is 30.4. The highest BCUT2D eigenvalue weighted by atomic mass is 16.6. The van der Waals surface area contributed by atoms with Gasteiger partial charge in [0, 0.05) is 19.3 Å². The lowest BCUT2D eigenvalue weighted by Crippen LogP contribution is -2.28. The summed E-state index contributed by atoms with van der Waals surface area (Å²) in [7, 11) is 0. The second kappa shape index (κ2) is 34.9. The maximum absolute atomic E-state index is 12.1. The molecule has 0 spiro atoms. The number of aliphatic hydroxyl groups excluding tert-OH is 1. The molecule has 1 N–H and O–H groups in total. The number of esters is 2. The molecule has 0 saturated carbocycles. The molecular weight excluding hydrogens is 588 g/mol. The zero-order valence-corrected chi connectivity index (χ0v) is 30.4. The molecule has 0 aliphatic heterocycles. The lowest BCUT2D eigenvalue weighted by atomic mass is 10.0. The van der Waals surface area contributed by atoms with Crippen LogP contribution in [0.4, 0.5) is 0 Å². The summed E-state index contributed by atoms with van der Waals surface area (Å²) in [6, 6.07) is 0. The highest BCUT2D eigenvalue weighted by Gasteiger charge is 2.16. The maximum atomic E-state index is 12.1. The molecule has 0 heterocycles. The number of carbonyl (C=O) groups excluding carboxylic acids is 3. The van der Waals surface area contributed by atoms with Crippen LogP contribution in [0.15, 0.2) is 48.6 Å². The van der Waals surface area contributed by atoms with Crippen LogP contribution in [0.3, 0.4) is 0 Å². The number of unbranched alkanes of at least 4 members (excludes halogenated alkanes) is 14. The summed E-state index contributed by atoms with van der Waals surface area (Å²) >= 11 is 0. The predicted octanol–water partition coefficient (Wildman–Crippen LogP) is 10.9. The second-order valence-corrected chi connectivity index (χ2v) is 13.2. The molecule has 47 heavy (non-hydrogen) atoms. The van der Waals surface area contributed by atoms with E-state index in [0.717, 1.165) is 44.4 Å². The van der Waals surface area contributed by atoms with E-state index in [0.29, 0.717) is 12.8 Å². The topological polar surface area (TPSA) is 89.9 Å². The zero-order chi connectivity index (χ0) is 34.6. The van der Waals surface area contributed by atoms with Crippen molar-refractivity contribution in [3.8, 4) is 0 Å². The Morgan fingerprint density at radius 3 is 1.81 bits per heavy atom. The largest absolute Gasteiger partial charge is 0.462 e. The lowest BCUT2D eigenvalue weighted by molar-refractivity contribution is -0.161. The monoisotopic (exact) mass is 659 g/mol. The highest BCUT2D eigenvalue weighted by molar-refractivity contribution is 5.90. The van der Waals surface area contributed by atoms with E-state index in [2.05, 4.69) is 45.1 Å². The van der Waals surface area contributed by atoms with Crippen LogP contribution in [0.5, 0.6) is 0 Å². The van der Waals surface area contributed by atoms with Crippen molar-refractivity contribution in [3.63, 3.8) is 0 Å². The SMILES string of the molecule is CCCCC/C=C\C/C=C\C/C=C\C=C\C(=O)CCCC(=O)O[C@@H](CO)COC(=O)CCCCCCCCCCCCCCC(C)C. The third-order valence-electron chi connectivity index (χ3n) is 8.03. The number of rotatable bonds is 33. The predicted molar refractivity (Wildman–Crippen MR) is 196 cm³/mol. The molecule has 0 unspecified atom stereocenters. The van der Waals surface area contributed by atoms with Crippen molar-refractivity contribution in [2.24, 2.45) is 5.92 Å². The highest BCUT2D eigenvalue weighted by Crippen LogP contribution is 2.14. The van der Waals surface area contributed by atoms with E-state index in [1.54, 1.807) is 6.08 Å². The van der Waals surface area contributed by atoms with Gasteiger partial charge in [0.1, 0.15) is 6.61 Å². The Morgan fingerprint density at radius 1 is 0.617 bits per heavy atom. The van der Waals surface area contributed by atoms with Crippen molar-refractivity contribution < 1.29 is 29.0 Å². The number of aliphatic hydroxyl groups is 1. The summed E-state index contributed by atoms with van der Waals surface area (Å²) in [6.45, 7) is 6.23. The van der Waals surface area contributed by atoms with Gasteiger partial charge in [-0.05, 0) is 50.5 Å². The van der Waals surface area contributed by atoms with Gasteiger partial charge in [0.15, 0.2) is 11.9 Å². The molecule has 0 aromatic heterocycles. The summed E-state index contributed by atoms with van der Waals surface area (Å²) in [5.41, 5.74) is 0. The molecule has 0 rings (SSSR count). The summed E-state index contributed by atoms with van der Waals surface area (Å²) in [5.74, 6) is -0.0756. The fourth-order valence-corrected chi connectivity index (χ4v) is 5.10. The van der Waals surface area contributed by atoms with Gasteiger partial charge >= 0.3 is 11.9 Å². The molecule has 0 bridgehead atoms. The summed E-state index contributed by atoms with van der Waals surface area (Å²) in [4.78, 5) is 36.2. The van der Waals surface area contributed by atoms with Crippen LogP contribution in [0.2, 0.25) is 0 Å². The van der Waals surface area contributed by atoms with Crippen molar-refractivity contribution in [1.29, 1.82) is 0 Å². The van der Waals surface area contributed by atoms with Gasteiger partial charge < -0.3 is 14.6 Å². The third kappa shape index (κ3) is 34.7. The molecule has 0 amide bonds. The van der Waals surface area contributed by atoms with Crippen LogP contribution in [0.25, 0.3) is 0 Å². The summed E-state index contributed by atoms with van der Waals surface area (Å²) < 4.78 is 10.4. The average molecular weight is 659 g/mol. The van der Waals surface area contributed by atoms with E-state index in [9.17, 15) is 19.5 Å². The van der Waals surface area contributed by atoms with Crippen molar-refractivity contribution in [2.75, 3.05) is 13.2 Å². The first kappa shape index (κ1) is 44.5. The Labute approximate surface area is 288 Å². The number of carbonyl (C=O) groups is 3. The number of hydrogen-bond donors (Lipinski definition) is 1. The van der Waals surface area contributed by atoms with Gasteiger partial charge in [-0.3, -0.25) is 14.4 Å². The quantitative estimate of drug-likeness (QED) is 0.0248. The van der Waals surface area contributed by atoms with E-state index in [-0.39, 0.29) is 31.2 Å². The Morgan fingerprint density at radius 2 is 1.19 bits per heavy atom. The van der Waals surface area contributed by atoms with Gasteiger partial charge in [-0.1, -0.05) is 153 Å². The minimum Gasteiger partial charge on any atom is -0.462 e. The van der Waals surface area contributed by atoms with Crippen molar-refractivity contribution in [3.05, 3.63) is 48.6 Å². The van der Waals surface area contributed by atoms with Crippen LogP contribution in [-0.4, -0.2) is 42.1 Å². The van der Waals surface area contributed by atoms with E-state index < -0.39 is 18.7 Å². The van der Waals surface area contributed by atoms with Gasteiger partial charge in [0.05, 0.1) is 6.61 Å². The van der Waals surface area contributed by atoms with Gasteiger partial charge in [-0.2, -0.15) is 0 Å². The van der Waals surface area contributed by atoms with E-state index in [1.807, 2.05) is 12.2 Å². The first-order valence-electron chi connectivity index (χ1n) is 19.0. The Balaban J connectivity index is 3.78. The van der Waals surface area contributed by atoms with Gasteiger partial charge in [-0.25, -0.2) is 0 Å². The van der Waals surface area contributed by atoms with E-state index in [4.69, 9.17) is 9.47 Å². The molecule has 0 saturated heterocycles. The summed E-state index contributed by atoms with van der Waals surface area (Å²) in [5, 5.41) is 9.52. The Bertz CT molecular complexity index is 869. The third-order valence-corrected chi connectivity index (χ3v) is 8.03. The standard InChI is InChI=1S/C41H70O6/c1-4-5-6-7-8-9-10-11-15-18-21-24-27-31-38(43)32-29-34-41(45)47-39(35-42)36-46-40(44)33-28-25-22-19-16-13-12-14-17-20-23-26-30-37(2)3/h8-9,11,15,21,24,27,31,37,39,42H,4-7,10,12-14,16-20,22-23,25-26,28-30,32-36H2,1-3H3/b9-8-,15-11-,24-21-,31-27+/t39-/m0/s1. The maximum Gasteiger partial charge on any atom is 0.306 e. The minimum atomic E-state index is -0.886. The second-order valence-electron chi connectivity index (χ2n) is 13.2. The average Bonchev–Trinajstić information content (AvgIpc) is 3.05. The van der Waals surface area contributed by atoms with Crippen LogP contribution in [0.1, 0.15) is 168 Å². The number of hydrogen-bond acceptors (Lipinski definition) is 6. The molecule has 0 aliphatic carbocycles. The summed E-state index contributed by atoms with van der Waals surface area (Å²) in [6.07, 6.45) is 38.8. The van der Waals surface area contributed by atoms with Crippen LogP contribution < -0.4 is 0 Å². The molecule has 0 radical (unpaired) electrons. The van der Waals surface area contributed by atoms with Crippen LogP contribution in [0, 0.1) is 5.92 Å². The van der Waals surface area contributed by atoms with E-state index in [1.165, 1.54) is 89.5 Å². The molecule has 270 valence electrons. The fourth-order valence-electron chi connectivity index (χ4n) is 5.10. The minimum absolute atomic E-state index is 0.0582. The van der Waals surface area contributed by atoms with Crippen molar-refractivity contribution >= 4 is 17.7 Å². The number of ketones is 1. The van der Waals surface area contributed by atoms with Gasteiger partial charge in [-0.15, -0.1) is 0 Å². The van der Waals surface area contributed by atoms with Gasteiger partial charge in [0.25, 0.3) is 0 Å². The molecule has 1 atom stereocenters. The van der Waals surface area contributed by atoms with E-state index >= 15 is 0 Å². The lowest BCUT2D eigenvalue weighted by Gasteiger charge is -2.15. The normalized spacial score (nSPS) is 12.7. The smallest absolute Gasteiger partial charge is 0.306 e.